The first-order valence-corrected chi connectivity index (χ1v) is 8.61. The average molecular weight is 348 g/mol. The van der Waals surface area contributed by atoms with Crippen molar-refractivity contribution >= 4 is 17.5 Å². The SMILES string of the molecule is CC(C)C(CO)NC(=O)C1CC(=O)N(c2ccc3c(c2)OCCO3)C1. The predicted octanol–water partition coefficient (Wildman–Crippen LogP) is 0.944. The minimum atomic E-state index is -0.423. The number of ether oxygens (including phenoxy) is 2. The number of carbonyl (C=O) groups excluding carboxylic acids is 2. The van der Waals surface area contributed by atoms with Gasteiger partial charge in [0.1, 0.15) is 13.2 Å². The van der Waals surface area contributed by atoms with Gasteiger partial charge in [-0.05, 0) is 18.1 Å². The van der Waals surface area contributed by atoms with Gasteiger partial charge in [0, 0.05) is 24.7 Å². The van der Waals surface area contributed by atoms with Crippen molar-refractivity contribution in [2.75, 3.05) is 31.3 Å². The van der Waals surface area contributed by atoms with Gasteiger partial charge in [-0.1, -0.05) is 13.8 Å². The maximum atomic E-state index is 12.4. The molecule has 1 saturated heterocycles. The fraction of sp³-hybridized carbons (Fsp3) is 0.556. The van der Waals surface area contributed by atoms with E-state index in [1.807, 2.05) is 13.8 Å². The molecule has 0 spiro atoms. The highest BCUT2D eigenvalue weighted by molar-refractivity contribution is 6.00. The molecule has 136 valence electrons. The van der Waals surface area contributed by atoms with E-state index in [9.17, 15) is 14.7 Å². The van der Waals surface area contributed by atoms with E-state index >= 15 is 0 Å². The third-order valence-corrected chi connectivity index (χ3v) is 4.66. The number of rotatable bonds is 5. The van der Waals surface area contributed by atoms with Crippen molar-refractivity contribution in [1.82, 2.24) is 5.32 Å². The molecule has 0 radical (unpaired) electrons. The van der Waals surface area contributed by atoms with Crippen LogP contribution in [0.5, 0.6) is 11.5 Å². The lowest BCUT2D eigenvalue weighted by Gasteiger charge is -2.23. The zero-order chi connectivity index (χ0) is 18.0. The Labute approximate surface area is 146 Å². The summed E-state index contributed by atoms with van der Waals surface area (Å²) in [7, 11) is 0. The number of nitrogens with one attached hydrogen (secondary N) is 1. The number of anilines is 1. The van der Waals surface area contributed by atoms with Crippen LogP contribution in [0.2, 0.25) is 0 Å². The van der Waals surface area contributed by atoms with Gasteiger partial charge < -0.3 is 24.8 Å². The Morgan fingerprint density at radius 3 is 2.72 bits per heavy atom. The summed E-state index contributed by atoms with van der Waals surface area (Å²) in [6, 6.07) is 5.06. The number of fused-ring (bicyclic) bond motifs is 1. The Bertz CT molecular complexity index is 661. The van der Waals surface area contributed by atoms with E-state index in [1.165, 1.54) is 0 Å². The minimum absolute atomic E-state index is 0.0954. The molecule has 1 aromatic carbocycles. The molecule has 2 N–H and O–H groups in total. The van der Waals surface area contributed by atoms with Crippen molar-refractivity contribution in [3.8, 4) is 11.5 Å². The van der Waals surface area contributed by atoms with Crippen LogP contribution in [0.25, 0.3) is 0 Å². The van der Waals surface area contributed by atoms with E-state index in [0.717, 1.165) is 0 Å². The Kier molecular flexibility index (Phi) is 5.13. The zero-order valence-electron chi connectivity index (χ0n) is 14.5. The molecule has 7 heteroatoms. The Hall–Kier alpha value is -2.28. The molecular formula is C18H24N2O5. The van der Waals surface area contributed by atoms with Crippen LogP contribution < -0.4 is 19.7 Å². The summed E-state index contributed by atoms with van der Waals surface area (Å²) in [5.41, 5.74) is 0.701. The normalized spacial score (nSPS) is 20.7. The quantitative estimate of drug-likeness (QED) is 0.827. The molecule has 2 heterocycles. The Balaban J connectivity index is 1.69. The highest BCUT2D eigenvalue weighted by atomic mass is 16.6. The molecule has 3 rings (SSSR count). The molecule has 1 aromatic rings. The van der Waals surface area contributed by atoms with Crippen LogP contribution in [0.1, 0.15) is 20.3 Å². The molecule has 2 amide bonds. The number of hydrogen-bond donors (Lipinski definition) is 2. The standard InChI is InChI=1S/C18H24N2O5/c1-11(2)14(10-21)19-18(23)12-7-17(22)20(9-12)13-3-4-15-16(8-13)25-6-5-24-15/h3-4,8,11-12,14,21H,5-7,9-10H2,1-2H3,(H,19,23). The number of hydrogen-bond acceptors (Lipinski definition) is 5. The summed E-state index contributed by atoms with van der Waals surface area (Å²) in [6.45, 7) is 5.06. The molecule has 0 aliphatic carbocycles. The summed E-state index contributed by atoms with van der Waals surface area (Å²) >= 11 is 0. The van der Waals surface area contributed by atoms with Gasteiger partial charge in [0.05, 0.1) is 18.6 Å². The number of aliphatic hydroxyl groups is 1. The fourth-order valence-corrected chi connectivity index (χ4v) is 3.06. The van der Waals surface area contributed by atoms with E-state index in [0.29, 0.717) is 36.9 Å². The van der Waals surface area contributed by atoms with Crippen LogP contribution in [0.3, 0.4) is 0 Å². The third kappa shape index (κ3) is 3.71. The van der Waals surface area contributed by atoms with Crippen LogP contribution in [0.4, 0.5) is 5.69 Å². The van der Waals surface area contributed by atoms with Crippen LogP contribution in [0.15, 0.2) is 18.2 Å². The molecule has 0 bridgehead atoms. The van der Waals surface area contributed by atoms with Crippen molar-refractivity contribution in [3.05, 3.63) is 18.2 Å². The van der Waals surface area contributed by atoms with E-state index in [-0.39, 0.29) is 36.8 Å². The maximum Gasteiger partial charge on any atom is 0.227 e. The van der Waals surface area contributed by atoms with Crippen molar-refractivity contribution in [2.45, 2.75) is 26.3 Å². The monoisotopic (exact) mass is 348 g/mol. The van der Waals surface area contributed by atoms with Crippen LogP contribution in [0, 0.1) is 11.8 Å². The van der Waals surface area contributed by atoms with Crippen LogP contribution in [-0.4, -0.2) is 49.3 Å². The molecule has 1 fully saturated rings. The predicted molar refractivity (Wildman–Crippen MR) is 91.7 cm³/mol. The van der Waals surface area contributed by atoms with Gasteiger partial charge in [-0.2, -0.15) is 0 Å². The molecule has 2 aliphatic rings. The van der Waals surface area contributed by atoms with Gasteiger partial charge in [0.2, 0.25) is 11.8 Å². The molecular weight excluding hydrogens is 324 g/mol. The smallest absolute Gasteiger partial charge is 0.227 e. The van der Waals surface area contributed by atoms with E-state index in [1.54, 1.807) is 23.1 Å². The van der Waals surface area contributed by atoms with E-state index in [2.05, 4.69) is 5.32 Å². The molecule has 7 nitrogen and oxygen atoms in total. The average Bonchev–Trinajstić information content (AvgIpc) is 3.00. The molecule has 25 heavy (non-hydrogen) atoms. The second kappa shape index (κ2) is 7.31. The lowest BCUT2D eigenvalue weighted by atomic mass is 10.0. The first-order valence-electron chi connectivity index (χ1n) is 8.61. The summed E-state index contributed by atoms with van der Waals surface area (Å²) in [6.07, 6.45) is 0.163. The Morgan fingerprint density at radius 2 is 2.04 bits per heavy atom. The fourth-order valence-electron chi connectivity index (χ4n) is 3.06. The first kappa shape index (κ1) is 17.5. The van der Waals surface area contributed by atoms with Gasteiger partial charge in [0.15, 0.2) is 11.5 Å². The number of amides is 2. The molecule has 0 aromatic heterocycles. The van der Waals surface area contributed by atoms with E-state index < -0.39 is 5.92 Å². The summed E-state index contributed by atoms with van der Waals surface area (Å²) < 4.78 is 11.0. The van der Waals surface area contributed by atoms with E-state index in [4.69, 9.17) is 9.47 Å². The van der Waals surface area contributed by atoms with Gasteiger partial charge in [-0.15, -0.1) is 0 Å². The number of carbonyl (C=O) groups is 2. The minimum Gasteiger partial charge on any atom is -0.486 e. The van der Waals surface area contributed by atoms with Gasteiger partial charge in [-0.3, -0.25) is 9.59 Å². The van der Waals surface area contributed by atoms with Crippen molar-refractivity contribution in [1.29, 1.82) is 0 Å². The van der Waals surface area contributed by atoms with Crippen molar-refractivity contribution < 1.29 is 24.2 Å². The molecule has 0 saturated carbocycles. The summed E-state index contributed by atoms with van der Waals surface area (Å²) in [5.74, 6) is 0.694. The van der Waals surface area contributed by atoms with Gasteiger partial charge in [0.25, 0.3) is 0 Å². The topological polar surface area (TPSA) is 88.1 Å². The molecule has 2 aliphatic heterocycles. The van der Waals surface area contributed by atoms with Crippen LogP contribution in [-0.2, 0) is 9.59 Å². The number of benzene rings is 1. The second-order valence-corrected chi connectivity index (χ2v) is 6.78. The highest BCUT2D eigenvalue weighted by Gasteiger charge is 2.36. The van der Waals surface area contributed by atoms with Crippen LogP contribution >= 0.6 is 0 Å². The summed E-state index contributed by atoms with van der Waals surface area (Å²) in [4.78, 5) is 26.4. The summed E-state index contributed by atoms with van der Waals surface area (Å²) in [5, 5.41) is 12.2. The number of aliphatic hydroxyl groups excluding tert-OH is 1. The van der Waals surface area contributed by atoms with Gasteiger partial charge >= 0.3 is 0 Å². The maximum absolute atomic E-state index is 12.4. The largest absolute Gasteiger partial charge is 0.486 e. The first-order chi connectivity index (χ1) is 12.0. The number of nitrogens with zero attached hydrogens (tertiary/aromatic N) is 1. The molecule has 2 unspecified atom stereocenters. The Morgan fingerprint density at radius 1 is 1.32 bits per heavy atom. The lowest BCUT2D eigenvalue weighted by Crippen LogP contribution is -2.44. The van der Waals surface area contributed by atoms with Gasteiger partial charge in [-0.25, -0.2) is 0 Å². The second-order valence-electron chi connectivity index (χ2n) is 6.78. The lowest BCUT2D eigenvalue weighted by molar-refractivity contribution is -0.127. The molecule has 2 atom stereocenters. The highest BCUT2D eigenvalue weighted by Crippen LogP contribution is 2.36. The van der Waals surface area contributed by atoms with Crippen molar-refractivity contribution in [3.63, 3.8) is 0 Å². The third-order valence-electron chi connectivity index (χ3n) is 4.66. The zero-order valence-corrected chi connectivity index (χ0v) is 14.5. The van der Waals surface area contributed by atoms with Crippen molar-refractivity contribution in [2.24, 2.45) is 11.8 Å².